The number of carbonyl (C=O) groups is 3. The summed E-state index contributed by atoms with van der Waals surface area (Å²) in [7, 11) is 1.34. The molecule has 1 fully saturated rings. The van der Waals surface area contributed by atoms with Crippen molar-refractivity contribution in [3.63, 3.8) is 0 Å². The number of fused-ring (bicyclic) bond motifs is 1. The van der Waals surface area contributed by atoms with Crippen LogP contribution >= 0.6 is 34.7 Å². The molecule has 0 unspecified atom stereocenters. The van der Waals surface area contributed by atoms with Crippen LogP contribution in [-0.2, 0) is 29.5 Å². The molecule has 2 amide bonds. The van der Waals surface area contributed by atoms with Gasteiger partial charge in [-0.05, 0) is 33.4 Å². The van der Waals surface area contributed by atoms with E-state index in [1.165, 1.54) is 35.1 Å². The highest BCUT2D eigenvalue weighted by molar-refractivity contribution is 8.00. The molecule has 2 N–H and O–H groups in total. The Kier molecular flexibility index (Phi) is 11.9. The predicted molar refractivity (Wildman–Crippen MR) is 232 cm³/mol. The zero-order valence-corrected chi connectivity index (χ0v) is 34.1. The number of carbonyl (C=O) groups excluding carboxylic acids is 3. The first-order valence-electron chi connectivity index (χ1n) is 18.8. The van der Waals surface area contributed by atoms with Crippen LogP contribution in [0.2, 0.25) is 0 Å². The van der Waals surface area contributed by atoms with Crippen molar-refractivity contribution < 1.29 is 24.0 Å². The number of amides is 2. The van der Waals surface area contributed by atoms with Gasteiger partial charge in [-0.15, -0.1) is 34.7 Å². The van der Waals surface area contributed by atoms with E-state index in [1.807, 2.05) is 115 Å². The summed E-state index contributed by atoms with van der Waals surface area (Å²) in [6.07, 6.45) is -0.725. The first-order valence-corrected chi connectivity index (χ1v) is 21.3. The van der Waals surface area contributed by atoms with Crippen molar-refractivity contribution >= 4 is 63.3 Å². The van der Waals surface area contributed by atoms with E-state index in [9.17, 15) is 14.4 Å². The number of thioether (sulfide) groups is 1. The fraction of sp³-hybridized carbons (Fsp3) is 0.152. The molecule has 0 bridgehead atoms. The molecule has 0 saturated carbocycles. The SMILES string of the molecule is CON=C(C(=O)N[C@@H]1C(=O)N2C(C(=O)OC(c3ccccc3)c3ccccc3)=C(CCl)CS[C@@H]12)c1csc(NC(c2ccccc2)(c2ccccc2)c2ccccc2)n1. The second-order valence-electron chi connectivity index (χ2n) is 13.7. The molecule has 1 saturated heterocycles. The van der Waals surface area contributed by atoms with Crippen molar-refractivity contribution in [1.82, 2.24) is 15.2 Å². The fourth-order valence-corrected chi connectivity index (χ4v) is 9.84. The largest absolute Gasteiger partial charge is 0.448 e. The lowest BCUT2D eigenvalue weighted by Crippen LogP contribution is -2.71. The van der Waals surface area contributed by atoms with Crippen LogP contribution < -0.4 is 10.6 Å². The Morgan fingerprint density at radius 2 is 1.34 bits per heavy atom. The highest BCUT2D eigenvalue weighted by Crippen LogP contribution is 2.43. The number of alkyl halides is 1. The van der Waals surface area contributed by atoms with Crippen LogP contribution in [0.25, 0.3) is 0 Å². The maximum Gasteiger partial charge on any atom is 0.356 e. The van der Waals surface area contributed by atoms with Gasteiger partial charge in [0.05, 0.1) is 0 Å². The van der Waals surface area contributed by atoms with Crippen molar-refractivity contribution in [1.29, 1.82) is 0 Å². The fourth-order valence-electron chi connectivity index (χ4n) is 7.41. The van der Waals surface area contributed by atoms with E-state index in [0.29, 0.717) is 16.5 Å². The highest BCUT2D eigenvalue weighted by atomic mass is 35.5. The molecule has 0 radical (unpaired) electrons. The number of hydrogen-bond donors (Lipinski definition) is 2. The van der Waals surface area contributed by atoms with Crippen molar-refractivity contribution in [3.05, 3.63) is 202 Å². The highest BCUT2D eigenvalue weighted by Gasteiger charge is 2.55. The molecule has 296 valence electrons. The van der Waals surface area contributed by atoms with Crippen molar-refractivity contribution in [2.24, 2.45) is 5.16 Å². The van der Waals surface area contributed by atoms with E-state index in [0.717, 1.165) is 27.8 Å². The average molecular weight is 840 g/mol. The minimum Gasteiger partial charge on any atom is -0.448 e. The van der Waals surface area contributed by atoms with Crippen molar-refractivity contribution in [3.8, 4) is 0 Å². The Hall–Kier alpha value is -6.21. The summed E-state index contributed by atoms with van der Waals surface area (Å²) in [5.41, 5.74) is 4.46. The third kappa shape index (κ3) is 7.86. The number of aromatic nitrogens is 1. The van der Waals surface area contributed by atoms with Crippen LogP contribution in [0.3, 0.4) is 0 Å². The van der Waals surface area contributed by atoms with Gasteiger partial charge in [-0.2, -0.15) is 0 Å². The molecule has 6 aromatic rings. The van der Waals surface area contributed by atoms with Crippen LogP contribution in [0.1, 0.15) is 39.6 Å². The molecule has 2 atom stereocenters. The Morgan fingerprint density at radius 1 is 0.831 bits per heavy atom. The van der Waals surface area contributed by atoms with Crippen LogP contribution in [0.4, 0.5) is 5.13 Å². The number of β-lactam (4-membered cyclic amide) rings is 1. The number of hydrogen-bond acceptors (Lipinski definition) is 10. The van der Waals surface area contributed by atoms with E-state index in [1.54, 1.807) is 5.38 Å². The molecule has 8 rings (SSSR count). The van der Waals surface area contributed by atoms with E-state index < -0.39 is 40.8 Å². The summed E-state index contributed by atoms with van der Waals surface area (Å²) in [4.78, 5) is 53.4. The normalized spacial score (nSPS) is 16.6. The van der Waals surface area contributed by atoms with Crippen molar-refractivity contribution in [2.45, 2.75) is 23.1 Å². The average Bonchev–Trinajstić information content (AvgIpc) is 3.76. The molecule has 10 nitrogen and oxygen atoms in total. The monoisotopic (exact) mass is 839 g/mol. The lowest BCUT2D eigenvalue weighted by molar-refractivity contribution is -0.154. The zero-order valence-electron chi connectivity index (χ0n) is 31.7. The van der Waals surface area contributed by atoms with Gasteiger partial charge >= 0.3 is 5.97 Å². The number of oxime groups is 1. The molecular weight excluding hydrogens is 802 g/mol. The third-order valence-electron chi connectivity index (χ3n) is 10.2. The number of ether oxygens (including phenoxy) is 1. The molecule has 2 aliphatic rings. The summed E-state index contributed by atoms with van der Waals surface area (Å²) in [5.74, 6) is -1.42. The van der Waals surface area contributed by atoms with Crippen LogP contribution in [0.15, 0.2) is 173 Å². The second-order valence-corrected chi connectivity index (χ2v) is 15.9. The summed E-state index contributed by atoms with van der Waals surface area (Å²) in [6.45, 7) is 0. The summed E-state index contributed by atoms with van der Waals surface area (Å²) < 4.78 is 6.17. The van der Waals surface area contributed by atoms with Gasteiger partial charge in [-0.3, -0.25) is 14.5 Å². The molecule has 59 heavy (non-hydrogen) atoms. The standard InChI is InChI=1S/C46H38ClN5O5S2/c1-56-51-37(36-29-59-45(48-36)50-46(33-21-11-4-12-22-33,34-23-13-5-14-24-34)35-25-15-6-16-26-35)41(53)49-38-42(54)52-39(32(27-47)28-58-43(38)52)44(55)57-40(30-17-7-2-8-18-30)31-19-9-3-10-20-31/h2-26,29,38,40,43H,27-28H2,1H3,(H,48,50)(H,49,53)/t38-,43+/m1/s1. The molecule has 3 heterocycles. The van der Waals surface area contributed by atoms with Gasteiger partial charge in [-0.1, -0.05) is 157 Å². The minimum absolute atomic E-state index is 0.0250. The van der Waals surface area contributed by atoms with Gasteiger partial charge < -0.3 is 20.2 Å². The van der Waals surface area contributed by atoms with E-state index in [4.69, 9.17) is 26.2 Å². The van der Waals surface area contributed by atoms with Gasteiger partial charge in [0.2, 0.25) is 0 Å². The molecule has 13 heteroatoms. The number of thiazole rings is 1. The maximum absolute atomic E-state index is 14.1. The number of nitrogens with zero attached hydrogens (tertiary/aromatic N) is 3. The summed E-state index contributed by atoms with van der Waals surface area (Å²) in [6, 6.07) is 48.1. The lowest BCUT2D eigenvalue weighted by atomic mass is 9.77. The summed E-state index contributed by atoms with van der Waals surface area (Å²) in [5, 5.41) is 12.3. The van der Waals surface area contributed by atoms with Gasteiger partial charge in [0.25, 0.3) is 11.8 Å². The quantitative estimate of drug-likeness (QED) is 0.0282. The Labute approximate surface area is 354 Å². The molecule has 5 aromatic carbocycles. The minimum atomic E-state index is -0.966. The van der Waals surface area contributed by atoms with Crippen LogP contribution in [0, 0.1) is 0 Å². The third-order valence-corrected chi connectivity index (χ3v) is 12.6. The van der Waals surface area contributed by atoms with Gasteiger partial charge in [0.1, 0.15) is 35.5 Å². The number of rotatable bonds is 14. The number of benzene rings is 5. The first-order chi connectivity index (χ1) is 28.9. The molecule has 2 aliphatic heterocycles. The number of nitrogens with one attached hydrogen (secondary N) is 2. The van der Waals surface area contributed by atoms with E-state index in [2.05, 4.69) is 52.2 Å². The number of esters is 1. The topological polar surface area (TPSA) is 122 Å². The summed E-state index contributed by atoms with van der Waals surface area (Å²) >= 11 is 9.07. The number of halogens is 1. The Balaban J connectivity index is 1.03. The van der Waals surface area contributed by atoms with Gasteiger partial charge in [-0.25, -0.2) is 9.78 Å². The second kappa shape index (κ2) is 17.7. The van der Waals surface area contributed by atoms with E-state index >= 15 is 0 Å². The predicted octanol–water partition coefficient (Wildman–Crippen LogP) is 8.12. The molecule has 1 aromatic heterocycles. The van der Waals surface area contributed by atoms with Gasteiger partial charge in [0.15, 0.2) is 16.9 Å². The van der Waals surface area contributed by atoms with Crippen molar-refractivity contribution in [2.75, 3.05) is 24.1 Å². The first kappa shape index (κ1) is 39.6. The van der Waals surface area contributed by atoms with Gasteiger partial charge in [0, 0.05) is 17.0 Å². The lowest BCUT2D eigenvalue weighted by Gasteiger charge is -2.49. The molecule has 0 aliphatic carbocycles. The van der Waals surface area contributed by atoms with Crippen LogP contribution in [0.5, 0.6) is 0 Å². The molecule has 0 spiro atoms. The number of anilines is 1. The Bertz CT molecular complexity index is 2350. The van der Waals surface area contributed by atoms with E-state index in [-0.39, 0.29) is 23.0 Å². The maximum atomic E-state index is 14.1. The molecular formula is C46H38ClN5O5S2. The smallest absolute Gasteiger partial charge is 0.356 e. The Morgan fingerprint density at radius 3 is 1.83 bits per heavy atom. The van der Waals surface area contributed by atoms with Crippen LogP contribution in [-0.4, -0.2) is 63.5 Å². The zero-order chi connectivity index (χ0) is 40.8.